The molecule has 0 aliphatic carbocycles. The minimum absolute atomic E-state index is 0.0753. The number of aliphatic imine (C=N–C) groups is 1. The van der Waals surface area contributed by atoms with Gasteiger partial charge in [-0.25, -0.2) is 13.8 Å². The van der Waals surface area contributed by atoms with Crippen molar-refractivity contribution >= 4 is 5.96 Å². The van der Waals surface area contributed by atoms with Crippen LogP contribution in [0.25, 0.3) is 0 Å². The zero-order valence-electron chi connectivity index (χ0n) is 11.2. The highest BCUT2D eigenvalue weighted by atomic mass is 19.1. The van der Waals surface area contributed by atoms with E-state index in [1.54, 1.807) is 7.11 Å². The minimum atomic E-state index is -0.469. The van der Waals surface area contributed by atoms with Gasteiger partial charge in [0, 0.05) is 25.8 Å². The first-order valence-corrected chi connectivity index (χ1v) is 6.12. The van der Waals surface area contributed by atoms with Gasteiger partial charge in [0.05, 0.1) is 13.2 Å². The van der Waals surface area contributed by atoms with E-state index in [0.717, 1.165) is 18.2 Å². The number of nitrogens with zero attached hydrogens (tertiary/aromatic N) is 1. The van der Waals surface area contributed by atoms with Crippen LogP contribution < -0.4 is 10.6 Å². The van der Waals surface area contributed by atoms with E-state index < -0.39 is 11.6 Å². The van der Waals surface area contributed by atoms with Crippen LogP contribution in [0.3, 0.4) is 0 Å². The molecule has 4 nitrogen and oxygen atoms in total. The van der Waals surface area contributed by atoms with Crippen LogP contribution >= 0.6 is 0 Å². The maximum Gasteiger partial charge on any atom is 0.191 e. The number of rotatable bonds is 6. The van der Waals surface area contributed by atoms with Crippen molar-refractivity contribution in [1.82, 2.24) is 10.6 Å². The first-order valence-electron chi connectivity index (χ1n) is 6.12. The van der Waals surface area contributed by atoms with Gasteiger partial charge < -0.3 is 15.4 Å². The van der Waals surface area contributed by atoms with Crippen molar-refractivity contribution in [2.24, 2.45) is 4.99 Å². The number of ether oxygens (including phenoxy) is 1. The molecule has 0 radical (unpaired) electrons. The summed E-state index contributed by atoms with van der Waals surface area (Å²) < 4.78 is 31.3. The monoisotopic (exact) mass is 271 g/mol. The van der Waals surface area contributed by atoms with Crippen LogP contribution in [0.2, 0.25) is 0 Å². The molecule has 0 aliphatic heterocycles. The summed E-state index contributed by atoms with van der Waals surface area (Å²) in [5.74, 6) is -0.384. The van der Waals surface area contributed by atoms with Gasteiger partial charge >= 0.3 is 0 Å². The highest BCUT2D eigenvalue weighted by Crippen LogP contribution is 2.10. The Morgan fingerprint density at radius 3 is 2.79 bits per heavy atom. The number of guanidine groups is 1. The van der Waals surface area contributed by atoms with E-state index in [9.17, 15) is 8.78 Å². The number of halogens is 2. The molecule has 106 valence electrons. The Kier molecular flexibility index (Phi) is 6.81. The summed E-state index contributed by atoms with van der Waals surface area (Å²) in [6.45, 7) is 3.82. The average Bonchev–Trinajstić information content (AvgIpc) is 2.40. The fourth-order valence-corrected chi connectivity index (χ4v) is 1.44. The lowest BCUT2D eigenvalue weighted by molar-refractivity contribution is 0.203. The van der Waals surface area contributed by atoms with Crippen LogP contribution in [0.15, 0.2) is 23.2 Å². The van der Waals surface area contributed by atoms with E-state index in [-0.39, 0.29) is 12.1 Å². The minimum Gasteiger partial charge on any atom is -0.383 e. The molecule has 0 unspecified atom stereocenters. The molecule has 1 aromatic carbocycles. The Bertz CT molecular complexity index is 424. The molecule has 0 heterocycles. The molecule has 0 bridgehead atoms. The molecule has 0 fully saturated rings. The van der Waals surface area contributed by atoms with Gasteiger partial charge in [0.25, 0.3) is 0 Å². The molecule has 0 amide bonds. The zero-order valence-corrected chi connectivity index (χ0v) is 11.2. The molecule has 0 saturated carbocycles. The molecule has 1 aromatic rings. The highest BCUT2D eigenvalue weighted by molar-refractivity contribution is 5.79. The summed E-state index contributed by atoms with van der Waals surface area (Å²) >= 11 is 0. The Hall–Kier alpha value is -1.69. The van der Waals surface area contributed by atoms with Crippen molar-refractivity contribution in [2.75, 3.05) is 26.8 Å². The van der Waals surface area contributed by atoms with Crippen molar-refractivity contribution in [3.05, 3.63) is 35.4 Å². The van der Waals surface area contributed by atoms with Crippen molar-refractivity contribution < 1.29 is 13.5 Å². The summed E-state index contributed by atoms with van der Waals surface area (Å²) in [5.41, 5.74) is 0.226. The number of methoxy groups -OCH3 is 1. The van der Waals surface area contributed by atoms with E-state index in [1.165, 1.54) is 0 Å². The normalized spacial score (nSPS) is 11.5. The SMILES string of the molecule is CCNC(=NCc1cc(F)ccc1F)NCCOC. The molecule has 19 heavy (non-hydrogen) atoms. The number of hydrogen-bond acceptors (Lipinski definition) is 2. The van der Waals surface area contributed by atoms with E-state index in [4.69, 9.17) is 4.74 Å². The first kappa shape index (κ1) is 15.4. The second kappa shape index (κ2) is 8.42. The highest BCUT2D eigenvalue weighted by Gasteiger charge is 2.04. The summed E-state index contributed by atoms with van der Waals surface area (Å²) in [7, 11) is 1.61. The summed E-state index contributed by atoms with van der Waals surface area (Å²) in [4.78, 5) is 4.19. The Morgan fingerprint density at radius 2 is 2.11 bits per heavy atom. The molecule has 0 spiro atoms. The van der Waals surface area contributed by atoms with Crippen LogP contribution in [0.4, 0.5) is 8.78 Å². The zero-order chi connectivity index (χ0) is 14.1. The third-order valence-electron chi connectivity index (χ3n) is 2.36. The third-order valence-corrected chi connectivity index (χ3v) is 2.36. The van der Waals surface area contributed by atoms with Gasteiger partial charge in [-0.15, -0.1) is 0 Å². The summed E-state index contributed by atoms with van der Waals surface area (Å²) in [5, 5.41) is 6.04. The molecular formula is C13H19F2N3O. The molecular weight excluding hydrogens is 252 g/mol. The van der Waals surface area contributed by atoms with Crippen molar-refractivity contribution in [1.29, 1.82) is 0 Å². The van der Waals surface area contributed by atoms with Gasteiger partial charge in [-0.1, -0.05) is 0 Å². The Balaban J connectivity index is 2.65. The van der Waals surface area contributed by atoms with Crippen LogP contribution in [0, 0.1) is 11.6 Å². The standard InChI is InChI=1S/C13H19F2N3O/c1-3-16-13(17-6-7-19-2)18-9-10-8-11(14)4-5-12(10)15/h4-5,8H,3,6-7,9H2,1-2H3,(H2,16,17,18). The molecule has 0 aromatic heterocycles. The van der Waals surface area contributed by atoms with Gasteiger partial charge in [-0.05, 0) is 25.1 Å². The van der Waals surface area contributed by atoms with Crippen LogP contribution in [0.5, 0.6) is 0 Å². The molecule has 6 heteroatoms. The number of hydrogen-bond donors (Lipinski definition) is 2. The Morgan fingerprint density at radius 1 is 1.32 bits per heavy atom. The maximum atomic E-state index is 13.4. The van der Waals surface area contributed by atoms with E-state index >= 15 is 0 Å². The molecule has 0 aliphatic rings. The van der Waals surface area contributed by atoms with Crippen LogP contribution in [0.1, 0.15) is 12.5 Å². The van der Waals surface area contributed by atoms with Gasteiger partial charge in [0.2, 0.25) is 0 Å². The van der Waals surface area contributed by atoms with Crippen molar-refractivity contribution in [2.45, 2.75) is 13.5 Å². The molecule has 0 atom stereocenters. The second-order valence-corrected chi connectivity index (χ2v) is 3.85. The van der Waals surface area contributed by atoms with Crippen molar-refractivity contribution in [3.63, 3.8) is 0 Å². The lowest BCUT2D eigenvalue weighted by Gasteiger charge is -2.10. The smallest absolute Gasteiger partial charge is 0.191 e. The van der Waals surface area contributed by atoms with Gasteiger partial charge in [0.15, 0.2) is 5.96 Å². The van der Waals surface area contributed by atoms with Gasteiger partial charge in [0.1, 0.15) is 11.6 Å². The number of benzene rings is 1. The van der Waals surface area contributed by atoms with Gasteiger partial charge in [-0.2, -0.15) is 0 Å². The summed E-state index contributed by atoms with van der Waals surface area (Å²) in [6.07, 6.45) is 0. The van der Waals surface area contributed by atoms with E-state index in [1.807, 2.05) is 6.92 Å². The predicted molar refractivity (Wildman–Crippen MR) is 71.1 cm³/mol. The van der Waals surface area contributed by atoms with Gasteiger partial charge in [-0.3, -0.25) is 0 Å². The van der Waals surface area contributed by atoms with Crippen LogP contribution in [-0.4, -0.2) is 32.8 Å². The Labute approximate surface area is 111 Å². The second-order valence-electron chi connectivity index (χ2n) is 3.85. The van der Waals surface area contributed by atoms with E-state index in [2.05, 4.69) is 15.6 Å². The average molecular weight is 271 g/mol. The third kappa shape index (κ3) is 5.65. The topological polar surface area (TPSA) is 45.7 Å². The summed E-state index contributed by atoms with van der Waals surface area (Å²) in [6, 6.07) is 3.34. The quantitative estimate of drug-likeness (QED) is 0.470. The predicted octanol–water partition coefficient (Wildman–Crippen LogP) is 1.67. The van der Waals surface area contributed by atoms with Crippen molar-refractivity contribution in [3.8, 4) is 0 Å². The molecule has 1 rings (SSSR count). The lowest BCUT2D eigenvalue weighted by atomic mass is 10.2. The fourth-order valence-electron chi connectivity index (χ4n) is 1.44. The largest absolute Gasteiger partial charge is 0.383 e. The van der Waals surface area contributed by atoms with Crippen LogP contribution in [-0.2, 0) is 11.3 Å². The van der Waals surface area contributed by atoms with E-state index in [0.29, 0.717) is 25.7 Å². The molecule has 2 N–H and O–H groups in total. The number of nitrogens with one attached hydrogen (secondary N) is 2. The lowest BCUT2D eigenvalue weighted by Crippen LogP contribution is -2.38. The first-order chi connectivity index (χ1) is 9.17. The molecule has 0 saturated heterocycles. The fraction of sp³-hybridized carbons (Fsp3) is 0.462. The maximum absolute atomic E-state index is 13.4.